The third-order valence-corrected chi connectivity index (χ3v) is 3.31. The summed E-state index contributed by atoms with van der Waals surface area (Å²) in [5.41, 5.74) is 3.24. The van der Waals surface area contributed by atoms with Crippen LogP contribution < -0.4 is 5.32 Å². The fourth-order valence-corrected chi connectivity index (χ4v) is 1.86. The molecule has 17 heavy (non-hydrogen) atoms. The Hall–Kier alpha value is -1.35. The zero-order valence-electron chi connectivity index (χ0n) is 9.50. The smallest absolute Gasteiger partial charge is 0.139 e. The summed E-state index contributed by atoms with van der Waals surface area (Å²) < 4.78 is 13.8. The predicted molar refractivity (Wildman–Crippen MR) is 72.6 cm³/mol. The van der Waals surface area contributed by atoms with E-state index in [4.69, 9.17) is 0 Å². The Morgan fingerprint density at radius 2 is 1.94 bits per heavy atom. The van der Waals surface area contributed by atoms with Crippen LogP contribution in [0.3, 0.4) is 0 Å². The molecule has 3 heteroatoms. The third kappa shape index (κ3) is 3.07. The van der Waals surface area contributed by atoms with Gasteiger partial charge in [-0.3, -0.25) is 0 Å². The van der Waals surface area contributed by atoms with Crippen molar-refractivity contribution in [2.75, 3.05) is 5.32 Å². The molecule has 1 N–H and O–H groups in total. The van der Waals surface area contributed by atoms with Crippen molar-refractivity contribution < 1.29 is 4.39 Å². The van der Waals surface area contributed by atoms with Crippen molar-refractivity contribution >= 4 is 21.6 Å². The van der Waals surface area contributed by atoms with E-state index < -0.39 is 0 Å². The van der Waals surface area contributed by atoms with Gasteiger partial charge >= 0.3 is 0 Å². The quantitative estimate of drug-likeness (QED) is 0.878. The maximum atomic E-state index is 13.3. The first kappa shape index (κ1) is 12.1. The standard InChI is InChI=1S/C14H13BrFN/c1-10-4-2-3-5-11(10)9-17-12-6-7-13(15)14(16)8-12/h2-8,17H,9H2,1H3. The molecule has 0 fully saturated rings. The van der Waals surface area contributed by atoms with E-state index >= 15 is 0 Å². The highest BCUT2D eigenvalue weighted by Gasteiger charge is 2.01. The minimum absolute atomic E-state index is 0.250. The number of halogens is 2. The van der Waals surface area contributed by atoms with Gasteiger partial charge in [-0.05, 0) is 52.2 Å². The minimum atomic E-state index is -0.250. The minimum Gasteiger partial charge on any atom is -0.381 e. The summed E-state index contributed by atoms with van der Waals surface area (Å²) in [5, 5.41) is 3.21. The van der Waals surface area contributed by atoms with Gasteiger partial charge in [0.05, 0.1) is 4.47 Å². The molecular weight excluding hydrogens is 281 g/mol. The highest BCUT2D eigenvalue weighted by Crippen LogP contribution is 2.20. The van der Waals surface area contributed by atoms with Gasteiger partial charge in [0.1, 0.15) is 5.82 Å². The second-order valence-electron chi connectivity index (χ2n) is 3.91. The van der Waals surface area contributed by atoms with E-state index in [0.29, 0.717) is 11.0 Å². The molecule has 0 spiro atoms. The van der Waals surface area contributed by atoms with Crippen LogP contribution in [-0.4, -0.2) is 0 Å². The van der Waals surface area contributed by atoms with Crippen LogP contribution in [0, 0.1) is 12.7 Å². The average molecular weight is 294 g/mol. The summed E-state index contributed by atoms with van der Waals surface area (Å²) in [6.07, 6.45) is 0. The van der Waals surface area contributed by atoms with E-state index in [1.54, 1.807) is 6.07 Å². The van der Waals surface area contributed by atoms with Crippen LogP contribution >= 0.6 is 15.9 Å². The Balaban J connectivity index is 2.08. The Bertz CT molecular complexity index is 525. The van der Waals surface area contributed by atoms with E-state index in [-0.39, 0.29) is 5.82 Å². The van der Waals surface area contributed by atoms with Crippen molar-refractivity contribution in [2.45, 2.75) is 13.5 Å². The molecule has 0 atom stereocenters. The first-order valence-electron chi connectivity index (χ1n) is 5.40. The summed E-state index contributed by atoms with van der Waals surface area (Å²) in [6.45, 7) is 2.77. The zero-order valence-corrected chi connectivity index (χ0v) is 11.1. The molecule has 2 aromatic rings. The fraction of sp³-hybridized carbons (Fsp3) is 0.143. The molecule has 0 saturated heterocycles. The van der Waals surface area contributed by atoms with Crippen molar-refractivity contribution in [3.8, 4) is 0 Å². The average Bonchev–Trinajstić information content (AvgIpc) is 2.32. The summed E-state index contributed by atoms with van der Waals surface area (Å²) in [7, 11) is 0. The van der Waals surface area contributed by atoms with Gasteiger partial charge in [-0.15, -0.1) is 0 Å². The zero-order chi connectivity index (χ0) is 12.3. The third-order valence-electron chi connectivity index (χ3n) is 2.66. The molecule has 2 aromatic carbocycles. The molecule has 0 unspecified atom stereocenters. The molecule has 0 aliphatic rings. The summed E-state index contributed by atoms with van der Waals surface area (Å²) in [6, 6.07) is 13.2. The first-order chi connectivity index (χ1) is 8.16. The molecule has 0 aromatic heterocycles. The topological polar surface area (TPSA) is 12.0 Å². The van der Waals surface area contributed by atoms with E-state index in [9.17, 15) is 4.39 Å². The van der Waals surface area contributed by atoms with Gasteiger partial charge in [-0.1, -0.05) is 24.3 Å². The van der Waals surface area contributed by atoms with Gasteiger partial charge < -0.3 is 5.32 Å². The van der Waals surface area contributed by atoms with Crippen LogP contribution in [-0.2, 0) is 6.54 Å². The Morgan fingerprint density at radius 1 is 1.18 bits per heavy atom. The van der Waals surface area contributed by atoms with Crippen LogP contribution in [0.2, 0.25) is 0 Å². The van der Waals surface area contributed by atoms with Gasteiger partial charge in [0.2, 0.25) is 0 Å². The highest BCUT2D eigenvalue weighted by atomic mass is 79.9. The second-order valence-corrected chi connectivity index (χ2v) is 4.76. The number of aryl methyl sites for hydroxylation is 1. The molecule has 0 aliphatic carbocycles. The molecule has 2 rings (SSSR count). The number of benzene rings is 2. The van der Waals surface area contributed by atoms with Crippen molar-refractivity contribution in [3.63, 3.8) is 0 Å². The van der Waals surface area contributed by atoms with E-state index in [0.717, 1.165) is 5.69 Å². The van der Waals surface area contributed by atoms with Crippen molar-refractivity contribution in [1.82, 2.24) is 0 Å². The van der Waals surface area contributed by atoms with Gasteiger partial charge in [0.15, 0.2) is 0 Å². The van der Waals surface area contributed by atoms with Gasteiger partial charge in [0.25, 0.3) is 0 Å². The van der Waals surface area contributed by atoms with Gasteiger partial charge in [-0.25, -0.2) is 4.39 Å². The molecule has 0 heterocycles. The van der Waals surface area contributed by atoms with Crippen molar-refractivity contribution in [3.05, 3.63) is 63.9 Å². The van der Waals surface area contributed by atoms with E-state index in [2.05, 4.69) is 40.3 Å². The maximum Gasteiger partial charge on any atom is 0.139 e. The Kier molecular flexibility index (Phi) is 3.79. The number of hydrogen-bond donors (Lipinski definition) is 1. The molecule has 0 aliphatic heterocycles. The molecule has 1 nitrogen and oxygen atoms in total. The lowest BCUT2D eigenvalue weighted by molar-refractivity contribution is 0.621. The van der Waals surface area contributed by atoms with Crippen molar-refractivity contribution in [1.29, 1.82) is 0 Å². The largest absolute Gasteiger partial charge is 0.381 e. The molecule has 0 radical (unpaired) electrons. The SMILES string of the molecule is Cc1ccccc1CNc1ccc(Br)c(F)c1. The lowest BCUT2D eigenvalue weighted by Gasteiger charge is -2.09. The Labute approximate surface area is 109 Å². The summed E-state index contributed by atoms with van der Waals surface area (Å²) in [4.78, 5) is 0. The molecular formula is C14H13BrFN. The monoisotopic (exact) mass is 293 g/mol. The number of nitrogens with one attached hydrogen (secondary N) is 1. The van der Waals surface area contributed by atoms with Gasteiger partial charge in [0, 0.05) is 12.2 Å². The lowest BCUT2D eigenvalue weighted by Crippen LogP contribution is -2.01. The molecule has 88 valence electrons. The highest BCUT2D eigenvalue weighted by molar-refractivity contribution is 9.10. The predicted octanol–water partition coefficient (Wildman–Crippen LogP) is 4.51. The summed E-state index contributed by atoms with van der Waals surface area (Å²) in [5.74, 6) is -0.250. The number of anilines is 1. The maximum absolute atomic E-state index is 13.3. The van der Waals surface area contributed by atoms with Gasteiger partial charge in [-0.2, -0.15) is 0 Å². The van der Waals surface area contributed by atoms with E-state index in [1.165, 1.54) is 17.2 Å². The first-order valence-corrected chi connectivity index (χ1v) is 6.19. The van der Waals surface area contributed by atoms with Crippen LogP contribution in [0.5, 0.6) is 0 Å². The normalized spacial score (nSPS) is 10.3. The molecule has 0 bridgehead atoms. The van der Waals surface area contributed by atoms with E-state index in [1.807, 2.05) is 18.2 Å². The summed E-state index contributed by atoms with van der Waals surface area (Å²) >= 11 is 3.13. The van der Waals surface area contributed by atoms with Crippen LogP contribution in [0.25, 0.3) is 0 Å². The number of hydrogen-bond acceptors (Lipinski definition) is 1. The molecule has 0 amide bonds. The fourth-order valence-electron chi connectivity index (χ4n) is 1.61. The number of rotatable bonds is 3. The second kappa shape index (κ2) is 5.32. The van der Waals surface area contributed by atoms with Crippen LogP contribution in [0.15, 0.2) is 46.9 Å². The van der Waals surface area contributed by atoms with Crippen molar-refractivity contribution in [2.24, 2.45) is 0 Å². The van der Waals surface area contributed by atoms with Crippen LogP contribution in [0.4, 0.5) is 10.1 Å². The Morgan fingerprint density at radius 3 is 2.65 bits per heavy atom. The lowest BCUT2D eigenvalue weighted by atomic mass is 10.1. The van der Waals surface area contributed by atoms with Crippen LogP contribution in [0.1, 0.15) is 11.1 Å². The molecule has 0 saturated carbocycles.